The fourth-order valence-corrected chi connectivity index (χ4v) is 1.99. The Morgan fingerprint density at radius 1 is 1.50 bits per heavy atom. The van der Waals surface area contributed by atoms with E-state index >= 15 is 0 Å². The van der Waals surface area contributed by atoms with Gasteiger partial charge < -0.3 is 10.4 Å². The second-order valence-corrected chi connectivity index (χ2v) is 5.31. The second-order valence-electron chi connectivity index (χ2n) is 4.45. The van der Waals surface area contributed by atoms with Gasteiger partial charge in [-0.1, -0.05) is 19.9 Å². The van der Waals surface area contributed by atoms with Crippen LogP contribution in [0.4, 0.5) is 4.39 Å². The van der Waals surface area contributed by atoms with Crippen LogP contribution in [0.15, 0.2) is 22.7 Å². The van der Waals surface area contributed by atoms with Crippen LogP contribution in [-0.4, -0.2) is 23.7 Å². The zero-order valence-electron chi connectivity index (χ0n) is 10.4. The molecule has 0 saturated carbocycles. The number of aliphatic hydroxyl groups is 1. The number of benzene rings is 1. The molecular formula is C13H17BrFNO2. The minimum atomic E-state index is -0.564. The summed E-state index contributed by atoms with van der Waals surface area (Å²) in [7, 11) is 0. The van der Waals surface area contributed by atoms with Gasteiger partial charge in [0.25, 0.3) is 5.91 Å². The van der Waals surface area contributed by atoms with E-state index in [4.69, 9.17) is 0 Å². The van der Waals surface area contributed by atoms with Crippen molar-refractivity contribution in [3.05, 3.63) is 34.1 Å². The first kappa shape index (κ1) is 15.1. The lowest BCUT2D eigenvalue weighted by atomic mass is 10.0. The lowest BCUT2D eigenvalue weighted by molar-refractivity contribution is 0.0916. The van der Waals surface area contributed by atoms with Gasteiger partial charge in [-0.15, -0.1) is 0 Å². The smallest absolute Gasteiger partial charge is 0.255 e. The molecule has 1 aromatic carbocycles. The predicted molar refractivity (Wildman–Crippen MR) is 71.9 cm³/mol. The number of aliphatic hydroxyl groups excluding tert-OH is 1. The summed E-state index contributed by atoms with van der Waals surface area (Å²) in [5, 5.41) is 12.2. The van der Waals surface area contributed by atoms with Crippen LogP contribution in [0.3, 0.4) is 0 Å². The van der Waals surface area contributed by atoms with E-state index < -0.39 is 17.8 Å². The lowest BCUT2D eigenvalue weighted by Gasteiger charge is -2.14. The Balaban J connectivity index is 2.56. The molecule has 1 aromatic rings. The van der Waals surface area contributed by atoms with Gasteiger partial charge in [0.1, 0.15) is 5.82 Å². The van der Waals surface area contributed by atoms with E-state index in [1.807, 2.05) is 13.8 Å². The fourth-order valence-electron chi connectivity index (χ4n) is 1.47. The monoisotopic (exact) mass is 317 g/mol. The molecule has 0 spiro atoms. The third-order valence-corrected chi connectivity index (χ3v) is 3.35. The summed E-state index contributed by atoms with van der Waals surface area (Å²) < 4.78 is 13.9. The van der Waals surface area contributed by atoms with Gasteiger partial charge in [-0.25, -0.2) is 4.39 Å². The third-order valence-electron chi connectivity index (χ3n) is 2.69. The van der Waals surface area contributed by atoms with Crippen LogP contribution in [0.1, 0.15) is 30.6 Å². The molecule has 0 aliphatic carbocycles. The quantitative estimate of drug-likeness (QED) is 0.877. The molecule has 0 bridgehead atoms. The van der Waals surface area contributed by atoms with Gasteiger partial charge in [0, 0.05) is 11.0 Å². The molecule has 1 atom stereocenters. The van der Waals surface area contributed by atoms with E-state index in [-0.39, 0.29) is 11.5 Å². The van der Waals surface area contributed by atoms with E-state index in [1.54, 1.807) is 6.07 Å². The number of carbonyl (C=O) groups is 1. The summed E-state index contributed by atoms with van der Waals surface area (Å²) in [6.45, 7) is 4.12. The zero-order valence-corrected chi connectivity index (χ0v) is 12.0. The van der Waals surface area contributed by atoms with Crippen LogP contribution in [0.25, 0.3) is 0 Å². The molecule has 1 rings (SSSR count). The molecule has 0 heterocycles. The molecule has 2 N–H and O–H groups in total. The molecule has 1 amide bonds. The van der Waals surface area contributed by atoms with E-state index in [0.717, 1.165) is 0 Å². The maximum absolute atomic E-state index is 13.5. The van der Waals surface area contributed by atoms with Gasteiger partial charge in [-0.05, 0) is 40.4 Å². The van der Waals surface area contributed by atoms with Gasteiger partial charge in [0.2, 0.25) is 0 Å². The van der Waals surface area contributed by atoms with Crippen molar-refractivity contribution in [2.24, 2.45) is 5.92 Å². The number of carbonyl (C=O) groups excluding carboxylic acids is 1. The van der Waals surface area contributed by atoms with Crippen molar-refractivity contribution in [2.75, 3.05) is 6.54 Å². The molecule has 0 aliphatic rings. The SMILES string of the molecule is CC(C)[C@@H](O)CCNC(=O)c1c(F)cccc1Br. The highest BCUT2D eigenvalue weighted by molar-refractivity contribution is 9.10. The highest BCUT2D eigenvalue weighted by atomic mass is 79.9. The summed E-state index contributed by atoms with van der Waals surface area (Å²) in [6.07, 6.45) is -0.00971. The highest BCUT2D eigenvalue weighted by Crippen LogP contribution is 2.19. The minimum Gasteiger partial charge on any atom is -0.393 e. The Kier molecular flexibility index (Phi) is 5.75. The molecule has 3 nitrogen and oxygen atoms in total. The summed E-state index contributed by atoms with van der Waals surface area (Å²) in [5.74, 6) is -0.899. The summed E-state index contributed by atoms with van der Waals surface area (Å²) in [5.41, 5.74) is -0.00321. The Hall–Kier alpha value is -0.940. The summed E-state index contributed by atoms with van der Waals surface area (Å²) >= 11 is 3.14. The Bertz CT molecular complexity index is 403. The first-order valence-electron chi connectivity index (χ1n) is 5.83. The van der Waals surface area contributed by atoms with E-state index in [0.29, 0.717) is 17.4 Å². The largest absolute Gasteiger partial charge is 0.393 e. The fraction of sp³-hybridized carbons (Fsp3) is 0.462. The highest BCUT2D eigenvalue weighted by Gasteiger charge is 2.15. The first-order chi connectivity index (χ1) is 8.43. The Labute approximate surface area is 115 Å². The molecule has 5 heteroatoms. The molecule has 0 fully saturated rings. The van der Waals surface area contributed by atoms with Gasteiger partial charge in [-0.3, -0.25) is 4.79 Å². The second kappa shape index (κ2) is 6.85. The van der Waals surface area contributed by atoms with Crippen molar-refractivity contribution in [1.82, 2.24) is 5.32 Å². The molecule has 0 saturated heterocycles. The van der Waals surface area contributed by atoms with Crippen LogP contribution in [-0.2, 0) is 0 Å². The van der Waals surface area contributed by atoms with Crippen molar-refractivity contribution in [1.29, 1.82) is 0 Å². The molecule has 0 aromatic heterocycles. The maximum atomic E-state index is 13.5. The average molecular weight is 318 g/mol. The molecule has 18 heavy (non-hydrogen) atoms. The molecule has 0 radical (unpaired) electrons. The van der Waals surface area contributed by atoms with Gasteiger partial charge in [-0.2, -0.15) is 0 Å². The Morgan fingerprint density at radius 3 is 2.72 bits per heavy atom. The number of halogens is 2. The van der Waals surface area contributed by atoms with Crippen LogP contribution in [0, 0.1) is 11.7 Å². The minimum absolute atomic E-state index is 0.00321. The number of amides is 1. The van der Waals surface area contributed by atoms with Crippen molar-refractivity contribution in [3.63, 3.8) is 0 Å². The summed E-state index contributed by atoms with van der Waals surface area (Å²) in [6, 6.07) is 4.38. The van der Waals surface area contributed by atoms with Crippen LogP contribution in [0.2, 0.25) is 0 Å². The van der Waals surface area contributed by atoms with Crippen LogP contribution >= 0.6 is 15.9 Å². The van der Waals surface area contributed by atoms with Crippen molar-refractivity contribution in [2.45, 2.75) is 26.4 Å². The van der Waals surface area contributed by atoms with Crippen LogP contribution in [0.5, 0.6) is 0 Å². The van der Waals surface area contributed by atoms with E-state index in [2.05, 4.69) is 21.2 Å². The maximum Gasteiger partial charge on any atom is 0.255 e. The number of rotatable bonds is 5. The van der Waals surface area contributed by atoms with Gasteiger partial charge in [0.05, 0.1) is 11.7 Å². The topological polar surface area (TPSA) is 49.3 Å². The van der Waals surface area contributed by atoms with Crippen molar-refractivity contribution < 1.29 is 14.3 Å². The number of hydrogen-bond acceptors (Lipinski definition) is 2. The van der Waals surface area contributed by atoms with E-state index in [9.17, 15) is 14.3 Å². The number of hydrogen-bond donors (Lipinski definition) is 2. The Morgan fingerprint density at radius 2 is 2.17 bits per heavy atom. The van der Waals surface area contributed by atoms with Gasteiger partial charge >= 0.3 is 0 Å². The van der Waals surface area contributed by atoms with Crippen molar-refractivity contribution in [3.8, 4) is 0 Å². The van der Waals surface area contributed by atoms with Crippen LogP contribution < -0.4 is 5.32 Å². The average Bonchev–Trinajstić information content (AvgIpc) is 2.28. The molecule has 0 unspecified atom stereocenters. The summed E-state index contributed by atoms with van der Waals surface area (Å²) in [4.78, 5) is 11.8. The molecule has 100 valence electrons. The molecular weight excluding hydrogens is 301 g/mol. The van der Waals surface area contributed by atoms with Crippen molar-refractivity contribution >= 4 is 21.8 Å². The lowest BCUT2D eigenvalue weighted by Crippen LogP contribution is -2.29. The molecule has 0 aliphatic heterocycles. The standard InChI is InChI=1S/C13H17BrFNO2/c1-8(2)11(17)6-7-16-13(18)12-9(14)4-3-5-10(12)15/h3-5,8,11,17H,6-7H2,1-2H3,(H,16,18)/t11-/m0/s1. The predicted octanol–water partition coefficient (Wildman–Crippen LogP) is 2.73. The third kappa shape index (κ3) is 4.07. The zero-order chi connectivity index (χ0) is 13.7. The van der Waals surface area contributed by atoms with Gasteiger partial charge in [0.15, 0.2) is 0 Å². The normalized spacial score (nSPS) is 12.6. The first-order valence-corrected chi connectivity index (χ1v) is 6.63. The number of nitrogens with one attached hydrogen (secondary N) is 1. The van der Waals surface area contributed by atoms with E-state index in [1.165, 1.54) is 12.1 Å².